The molecule has 72 valence electrons. The van der Waals surface area contributed by atoms with Gasteiger partial charge in [-0.1, -0.05) is 0 Å². The molecule has 0 radical (unpaired) electrons. The molecule has 1 aliphatic carbocycles. The van der Waals surface area contributed by atoms with Crippen molar-refractivity contribution in [3.8, 4) is 0 Å². The molecule has 0 bridgehead atoms. The van der Waals surface area contributed by atoms with Crippen LogP contribution in [-0.4, -0.2) is 18.2 Å². The smallest absolute Gasteiger partial charge is 0.235 e. The second kappa shape index (κ2) is 2.68. The molecule has 1 heterocycles. The largest absolute Gasteiger partial charge is 0.267 e. The van der Waals surface area contributed by atoms with Crippen molar-refractivity contribution >= 4 is 19.7 Å². The van der Waals surface area contributed by atoms with Gasteiger partial charge in [-0.25, -0.2) is 13.1 Å². The van der Waals surface area contributed by atoms with Gasteiger partial charge in [0.1, 0.15) is 0 Å². The predicted octanol–water partition coefficient (Wildman–Crippen LogP) is 1.28. The molecule has 1 aromatic heterocycles. The van der Waals surface area contributed by atoms with Crippen molar-refractivity contribution in [1.29, 1.82) is 0 Å². The highest BCUT2D eigenvalue weighted by Gasteiger charge is 2.31. The molecule has 0 saturated heterocycles. The van der Waals surface area contributed by atoms with Crippen LogP contribution in [0, 0.1) is 5.95 Å². The summed E-state index contributed by atoms with van der Waals surface area (Å²) in [5.41, 5.74) is 0. The molecule has 0 amide bonds. The Bertz CT molecular complexity index is 437. The highest BCUT2D eigenvalue weighted by molar-refractivity contribution is 8.13. The summed E-state index contributed by atoms with van der Waals surface area (Å²) in [5.74, 6) is -0.863. The van der Waals surface area contributed by atoms with Gasteiger partial charge in [0.05, 0.1) is 12.2 Å². The van der Waals surface area contributed by atoms with Gasteiger partial charge in [0.15, 0.2) is 4.90 Å². The minimum absolute atomic E-state index is 0.00664. The van der Waals surface area contributed by atoms with Gasteiger partial charge in [-0.2, -0.15) is 9.49 Å². The minimum Gasteiger partial charge on any atom is -0.235 e. The van der Waals surface area contributed by atoms with Crippen molar-refractivity contribution in [3.63, 3.8) is 0 Å². The molecule has 13 heavy (non-hydrogen) atoms. The summed E-state index contributed by atoms with van der Waals surface area (Å²) in [6, 6.07) is 0.00664. The molecular formula is C6H6ClFN2O2S. The van der Waals surface area contributed by atoms with Gasteiger partial charge < -0.3 is 0 Å². The predicted molar refractivity (Wildman–Crippen MR) is 43.5 cm³/mol. The molecule has 1 aromatic rings. The van der Waals surface area contributed by atoms with E-state index in [4.69, 9.17) is 10.7 Å². The van der Waals surface area contributed by atoms with Crippen molar-refractivity contribution in [2.45, 2.75) is 23.8 Å². The lowest BCUT2D eigenvalue weighted by atomic mass is 10.6. The lowest BCUT2D eigenvalue weighted by molar-refractivity contribution is 0.448. The molecule has 1 saturated carbocycles. The van der Waals surface area contributed by atoms with Crippen LogP contribution in [0.2, 0.25) is 0 Å². The van der Waals surface area contributed by atoms with Gasteiger partial charge >= 0.3 is 0 Å². The van der Waals surface area contributed by atoms with Crippen molar-refractivity contribution < 1.29 is 12.8 Å². The van der Waals surface area contributed by atoms with Gasteiger partial charge in [0, 0.05) is 10.7 Å². The standard InChI is InChI=1S/C6H6ClFN2O2S/c7-13(11,12)5-3-9-10(6(5)8)4-1-2-4/h3-4H,1-2H2. The summed E-state index contributed by atoms with van der Waals surface area (Å²) in [7, 11) is 0.977. The number of aromatic nitrogens is 2. The molecule has 0 N–H and O–H groups in total. The van der Waals surface area contributed by atoms with Crippen molar-refractivity contribution in [2.75, 3.05) is 0 Å². The van der Waals surface area contributed by atoms with Gasteiger partial charge in [-0.05, 0) is 12.8 Å². The van der Waals surface area contributed by atoms with Crippen LogP contribution in [0.5, 0.6) is 0 Å². The van der Waals surface area contributed by atoms with Crippen molar-refractivity contribution in [1.82, 2.24) is 9.78 Å². The van der Waals surface area contributed by atoms with E-state index in [2.05, 4.69) is 5.10 Å². The van der Waals surface area contributed by atoms with Crippen LogP contribution in [0.3, 0.4) is 0 Å². The topological polar surface area (TPSA) is 52.0 Å². The Morgan fingerprint density at radius 3 is 2.62 bits per heavy atom. The number of hydrogen-bond acceptors (Lipinski definition) is 3. The molecule has 0 atom stereocenters. The zero-order valence-corrected chi connectivity index (χ0v) is 8.02. The highest BCUT2D eigenvalue weighted by Crippen LogP contribution is 2.36. The molecule has 0 spiro atoms. The van der Waals surface area contributed by atoms with E-state index >= 15 is 0 Å². The number of halogens is 2. The maximum atomic E-state index is 13.3. The van der Waals surface area contributed by atoms with Crippen LogP contribution in [0.15, 0.2) is 11.1 Å². The lowest BCUT2D eigenvalue weighted by Gasteiger charge is -1.96. The molecule has 0 unspecified atom stereocenters. The van der Waals surface area contributed by atoms with E-state index in [0.29, 0.717) is 0 Å². The summed E-state index contributed by atoms with van der Waals surface area (Å²) < 4.78 is 35.9. The Morgan fingerprint density at radius 2 is 2.23 bits per heavy atom. The molecule has 1 fully saturated rings. The first-order valence-corrected chi connectivity index (χ1v) is 5.99. The number of hydrogen-bond donors (Lipinski definition) is 0. The van der Waals surface area contributed by atoms with Crippen LogP contribution in [0.1, 0.15) is 18.9 Å². The van der Waals surface area contributed by atoms with Crippen LogP contribution >= 0.6 is 10.7 Å². The van der Waals surface area contributed by atoms with Gasteiger partial charge in [0.25, 0.3) is 9.05 Å². The van der Waals surface area contributed by atoms with E-state index in [1.807, 2.05) is 0 Å². The molecule has 0 aliphatic heterocycles. The van der Waals surface area contributed by atoms with Crippen LogP contribution in [0.4, 0.5) is 4.39 Å². The van der Waals surface area contributed by atoms with E-state index in [9.17, 15) is 12.8 Å². The van der Waals surface area contributed by atoms with E-state index in [1.54, 1.807) is 0 Å². The Hall–Kier alpha value is -0.620. The SMILES string of the molecule is O=S(=O)(Cl)c1cnn(C2CC2)c1F. The molecule has 0 aromatic carbocycles. The second-order valence-corrected chi connectivity index (χ2v) is 5.45. The van der Waals surface area contributed by atoms with Crippen molar-refractivity contribution in [3.05, 3.63) is 12.1 Å². The summed E-state index contributed by atoms with van der Waals surface area (Å²) in [4.78, 5) is -0.541. The van der Waals surface area contributed by atoms with Crippen molar-refractivity contribution in [2.24, 2.45) is 0 Å². The summed E-state index contributed by atoms with van der Waals surface area (Å²) in [6.07, 6.45) is 2.61. The molecule has 1 aliphatic rings. The molecular weight excluding hydrogens is 219 g/mol. The minimum atomic E-state index is -4.00. The monoisotopic (exact) mass is 224 g/mol. The average molecular weight is 225 g/mol. The summed E-state index contributed by atoms with van der Waals surface area (Å²) >= 11 is 0. The lowest BCUT2D eigenvalue weighted by Crippen LogP contribution is -2.01. The Labute approximate surface area is 78.7 Å². The third kappa shape index (κ3) is 1.55. The zero-order valence-electron chi connectivity index (χ0n) is 6.44. The number of rotatable bonds is 2. The molecule has 7 heteroatoms. The summed E-state index contributed by atoms with van der Waals surface area (Å²) in [5, 5.41) is 3.62. The fraction of sp³-hybridized carbons (Fsp3) is 0.500. The zero-order chi connectivity index (χ0) is 9.64. The Kier molecular flexibility index (Phi) is 1.85. The fourth-order valence-corrected chi connectivity index (χ4v) is 1.85. The van der Waals surface area contributed by atoms with Gasteiger partial charge in [-0.3, -0.25) is 0 Å². The van der Waals surface area contributed by atoms with E-state index < -0.39 is 19.9 Å². The van der Waals surface area contributed by atoms with Gasteiger partial charge in [-0.15, -0.1) is 0 Å². The number of nitrogens with zero attached hydrogens (tertiary/aromatic N) is 2. The third-order valence-electron chi connectivity index (χ3n) is 1.86. The van der Waals surface area contributed by atoms with Gasteiger partial charge in [0.2, 0.25) is 5.95 Å². The maximum absolute atomic E-state index is 13.3. The molecule has 4 nitrogen and oxygen atoms in total. The maximum Gasteiger partial charge on any atom is 0.267 e. The first-order valence-electron chi connectivity index (χ1n) is 3.68. The van der Waals surface area contributed by atoms with E-state index in [0.717, 1.165) is 23.7 Å². The quantitative estimate of drug-likeness (QED) is 0.712. The fourth-order valence-electron chi connectivity index (χ4n) is 1.07. The normalized spacial score (nSPS) is 17.7. The van der Waals surface area contributed by atoms with E-state index in [-0.39, 0.29) is 6.04 Å². The van der Waals surface area contributed by atoms with Crippen LogP contribution in [0.25, 0.3) is 0 Å². The molecule has 2 rings (SSSR count). The average Bonchev–Trinajstić information content (AvgIpc) is 2.73. The first-order chi connectivity index (χ1) is 6.00. The second-order valence-electron chi connectivity index (χ2n) is 2.91. The Morgan fingerprint density at radius 1 is 1.62 bits per heavy atom. The van der Waals surface area contributed by atoms with Crippen LogP contribution in [-0.2, 0) is 9.05 Å². The van der Waals surface area contributed by atoms with E-state index in [1.165, 1.54) is 0 Å². The summed E-state index contributed by atoms with van der Waals surface area (Å²) in [6.45, 7) is 0. The van der Waals surface area contributed by atoms with Crippen LogP contribution < -0.4 is 0 Å². The Balaban J connectivity index is 2.50. The highest BCUT2D eigenvalue weighted by atomic mass is 35.7. The third-order valence-corrected chi connectivity index (χ3v) is 3.16. The first kappa shape index (κ1) is 8.96.